The minimum absolute atomic E-state index is 0.365. The second-order valence-corrected chi connectivity index (χ2v) is 4.73. The first-order chi connectivity index (χ1) is 9.34. The zero-order valence-corrected chi connectivity index (χ0v) is 11.0. The molecule has 0 N–H and O–H groups in total. The third-order valence-corrected chi connectivity index (χ3v) is 3.63. The lowest BCUT2D eigenvalue weighted by Gasteiger charge is -2.26. The normalized spacial score (nSPS) is 21.8. The Morgan fingerprint density at radius 2 is 2.00 bits per heavy atom. The summed E-state index contributed by atoms with van der Waals surface area (Å²) in [5.74, 6) is 0.974. The molecule has 1 aromatic heterocycles. The van der Waals surface area contributed by atoms with Crippen LogP contribution in [0.2, 0.25) is 0 Å². The fourth-order valence-electron chi connectivity index (χ4n) is 2.13. The van der Waals surface area contributed by atoms with Gasteiger partial charge < -0.3 is 4.74 Å². The first-order valence-electron chi connectivity index (χ1n) is 6.09. The van der Waals surface area contributed by atoms with Crippen molar-refractivity contribution in [1.82, 2.24) is 4.98 Å². The molecule has 4 heteroatoms. The molecule has 19 heavy (non-hydrogen) atoms. The van der Waals surface area contributed by atoms with Crippen molar-refractivity contribution in [2.75, 3.05) is 12.4 Å². The highest BCUT2D eigenvalue weighted by Gasteiger charge is 2.39. The molecule has 0 bridgehead atoms. The third kappa shape index (κ3) is 2.22. The van der Waals surface area contributed by atoms with Gasteiger partial charge in [0.1, 0.15) is 0 Å². The van der Waals surface area contributed by atoms with Crippen molar-refractivity contribution in [2.45, 2.75) is 5.60 Å². The molecule has 0 spiro atoms. The highest BCUT2D eigenvalue weighted by molar-refractivity contribution is 6.19. The van der Waals surface area contributed by atoms with E-state index >= 15 is 0 Å². The summed E-state index contributed by atoms with van der Waals surface area (Å²) in [5.41, 5.74) is 1.37. The summed E-state index contributed by atoms with van der Waals surface area (Å²) in [6, 6.07) is 13.8. The molecule has 1 aromatic carbocycles. The van der Waals surface area contributed by atoms with Crippen molar-refractivity contribution in [2.24, 2.45) is 4.99 Å². The lowest BCUT2D eigenvalue weighted by molar-refractivity contribution is 0.112. The summed E-state index contributed by atoms with van der Waals surface area (Å²) in [5, 5.41) is 0. The predicted molar refractivity (Wildman–Crippen MR) is 75.6 cm³/mol. The maximum atomic E-state index is 6.14. The molecule has 3 nitrogen and oxygen atoms in total. The average Bonchev–Trinajstić information content (AvgIpc) is 2.95. The molecule has 1 atom stereocenters. The Morgan fingerprint density at radius 3 is 2.68 bits per heavy atom. The highest BCUT2D eigenvalue weighted by atomic mass is 35.5. The highest BCUT2D eigenvalue weighted by Crippen LogP contribution is 2.33. The number of pyridine rings is 1. The monoisotopic (exact) mass is 272 g/mol. The standard InChI is InChI=1S/C15H13ClN2O/c16-10-15(13-6-2-1-3-7-13)11-18-14(19-15)12-5-4-8-17-9-12/h1-9H,10-11H2/t15-/m0/s1. The third-order valence-electron chi connectivity index (χ3n) is 3.19. The number of hydrogen-bond donors (Lipinski definition) is 0. The summed E-state index contributed by atoms with van der Waals surface area (Å²) in [6.07, 6.45) is 3.47. The fraction of sp³-hybridized carbons (Fsp3) is 0.200. The van der Waals surface area contributed by atoms with E-state index in [0.717, 1.165) is 11.1 Å². The lowest BCUT2D eigenvalue weighted by Crippen LogP contribution is -2.32. The van der Waals surface area contributed by atoms with Gasteiger partial charge in [-0.2, -0.15) is 0 Å². The maximum absolute atomic E-state index is 6.14. The largest absolute Gasteiger partial charge is 0.463 e. The topological polar surface area (TPSA) is 34.5 Å². The van der Waals surface area contributed by atoms with Gasteiger partial charge in [-0.25, -0.2) is 4.99 Å². The smallest absolute Gasteiger partial charge is 0.218 e. The zero-order chi connectivity index (χ0) is 13.1. The van der Waals surface area contributed by atoms with Gasteiger partial charge >= 0.3 is 0 Å². The number of hydrogen-bond acceptors (Lipinski definition) is 3. The van der Waals surface area contributed by atoms with Gasteiger partial charge in [-0.3, -0.25) is 4.98 Å². The van der Waals surface area contributed by atoms with E-state index in [1.807, 2.05) is 42.5 Å². The summed E-state index contributed by atoms with van der Waals surface area (Å²) < 4.78 is 6.05. The van der Waals surface area contributed by atoms with E-state index in [9.17, 15) is 0 Å². The van der Waals surface area contributed by atoms with Crippen LogP contribution in [-0.2, 0) is 10.3 Å². The van der Waals surface area contributed by atoms with E-state index in [-0.39, 0.29) is 0 Å². The van der Waals surface area contributed by atoms with Crippen molar-refractivity contribution < 1.29 is 4.74 Å². The first-order valence-corrected chi connectivity index (χ1v) is 6.63. The van der Waals surface area contributed by atoms with Crippen LogP contribution in [0.4, 0.5) is 0 Å². The van der Waals surface area contributed by atoms with Crippen LogP contribution < -0.4 is 0 Å². The fourth-order valence-corrected chi connectivity index (χ4v) is 2.42. The summed E-state index contributed by atoms with van der Waals surface area (Å²) in [4.78, 5) is 8.56. The van der Waals surface area contributed by atoms with E-state index in [4.69, 9.17) is 16.3 Å². The Balaban J connectivity index is 1.90. The van der Waals surface area contributed by atoms with Gasteiger partial charge in [-0.05, 0) is 17.7 Å². The first kappa shape index (κ1) is 12.2. The number of rotatable bonds is 3. The summed E-state index contributed by atoms with van der Waals surface area (Å²) >= 11 is 6.14. The van der Waals surface area contributed by atoms with Crippen LogP contribution in [0.25, 0.3) is 0 Å². The minimum Gasteiger partial charge on any atom is -0.463 e. The molecule has 0 radical (unpaired) electrons. The Labute approximate surface area is 116 Å². The Kier molecular flexibility index (Phi) is 3.22. The van der Waals surface area contributed by atoms with Crippen molar-refractivity contribution in [1.29, 1.82) is 0 Å². The summed E-state index contributed by atoms with van der Waals surface area (Å²) in [6.45, 7) is 0.532. The van der Waals surface area contributed by atoms with Gasteiger partial charge in [0.2, 0.25) is 5.90 Å². The minimum atomic E-state index is -0.562. The van der Waals surface area contributed by atoms with E-state index in [0.29, 0.717) is 18.3 Å². The molecule has 96 valence electrons. The molecule has 0 aliphatic carbocycles. The zero-order valence-electron chi connectivity index (χ0n) is 10.3. The second-order valence-electron chi connectivity index (χ2n) is 4.46. The summed E-state index contributed by atoms with van der Waals surface area (Å²) in [7, 11) is 0. The van der Waals surface area contributed by atoms with Gasteiger partial charge in [0, 0.05) is 12.4 Å². The quantitative estimate of drug-likeness (QED) is 0.805. The van der Waals surface area contributed by atoms with Gasteiger partial charge in [0.05, 0.1) is 18.0 Å². The van der Waals surface area contributed by atoms with E-state index in [1.165, 1.54) is 0 Å². The number of alkyl halides is 1. The number of aromatic nitrogens is 1. The van der Waals surface area contributed by atoms with Crippen molar-refractivity contribution >= 4 is 17.5 Å². The van der Waals surface area contributed by atoms with Crippen LogP contribution in [0, 0.1) is 0 Å². The van der Waals surface area contributed by atoms with Gasteiger partial charge in [-0.1, -0.05) is 30.3 Å². The van der Waals surface area contributed by atoms with Gasteiger partial charge in [0.25, 0.3) is 0 Å². The van der Waals surface area contributed by atoms with Crippen molar-refractivity contribution in [3.63, 3.8) is 0 Å². The van der Waals surface area contributed by atoms with Crippen molar-refractivity contribution in [3.8, 4) is 0 Å². The number of ether oxygens (including phenoxy) is 1. The predicted octanol–water partition coefficient (Wildman–Crippen LogP) is 2.99. The molecule has 0 amide bonds. The van der Waals surface area contributed by atoms with Crippen LogP contribution in [0.5, 0.6) is 0 Å². The molecular formula is C15H13ClN2O. The number of nitrogens with zero attached hydrogens (tertiary/aromatic N) is 2. The lowest BCUT2D eigenvalue weighted by atomic mass is 9.96. The van der Waals surface area contributed by atoms with Crippen LogP contribution >= 0.6 is 11.6 Å². The molecule has 3 rings (SSSR count). The van der Waals surface area contributed by atoms with Gasteiger partial charge in [0.15, 0.2) is 5.60 Å². The van der Waals surface area contributed by atoms with Crippen LogP contribution in [0.1, 0.15) is 11.1 Å². The van der Waals surface area contributed by atoms with Crippen LogP contribution in [0.3, 0.4) is 0 Å². The number of benzene rings is 1. The maximum Gasteiger partial charge on any atom is 0.218 e. The molecular weight excluding hydrogens is 260 g/mol. The number of halogens is 1. The van der Waals surface area contributed by atoms with E-state index < -0.39 is 5.60 Å². The molecule has 2 heterocycles. The molecule has 1 aliphatic heterocycles. The van der Waals surface area contributed by atoms with Crippen LogP contribution in [0.15, 0.2) is 59.9 Å². The average molecular weight is 273 g/mol. The number of aliphatic imine (C=N–C) groups is 1. The second kappa shape index (κ2) is 5.02. The molecule has 0 saturated carbocycles. The SMILES string of the molecule is ClC[C@@]1(c2ccccc2)CN=C(c2cccnc2)O1. The van der Waals surface area contributed by atoms with Gasteiger partial charge in [-0.15, -0.1) is 11.6 Å². The van der Waals surface area contributed by atoms with E-state index in [2.05, 4.69) is 9.98 Å². The Bertz CT molecular complexity index is 586. The molecule has 0 fully saturated rings. The Hall–Kier alpha value is -1.87. The molecule has 1 aliphatic rings. The molecule has 0 unspecified atom stereocenters. The van der Waals surface area contributed by atoms with Crippen LogP contribution in [-0.4, -0.2) is 23.3 Å². The van der Waals surface area contributed by atoms with Crippen molar-refractivity contribution in [3.05, 3.63) is 66.0 Å². The van der Waals surface area contributed by atoms with E-state index in [1.54, 1.807) is 12.4 Å². The molecule has 2 aromatic rings. The Morgan fingerprint density at radius 1 is 1.16 bits per heavy atom. The molecule has 0 saturated heterocycles.